The van der Waals surface area contributed by atoms with Gasteiger partial charge in [0.15, 0.2) is 0 Å². The van der Waals surface area contributed by atoms with Gasteiger partial charge in [-0.3, -0.25) is 29.4 Å². The van der Waals surface area contributed by atoms with Gasteiger partial charge in [0.05, 0.1) is 16.5 Å². The topological polar surface area (TPSA) is 83.6 Å². The zero-order valence-corrected chi connectivity index (χ0v) is 12.2. The number of rotatable bonds is 1. The van der Waals surface area contributed by atoms with E-state index >= 15 is 0 Å². The molecule has 3 unspecified atom stereocenters. The van der Waals surface area contributed by atoms with Crippen molar-refractivity contribution in [2.45, 2.75) is 26.3 Å². The first kappa shape index (κ1) is 13.2. The molecule has 3 atom stereocenters. The summed E-state index contributed by atoms with van der Waals surface area (Å²) in [6.07, 6.45) is 0.482. The number of carbonyl (C=O) groups is 4. The van der Waals surface area contributed by atoms with E-state index in [9.17, 15) is 19.2 Å². The number of nitrogens with zero attached hydrogens (tertiary/aromatic N) is 1. The third kappa shape index (κ3) is 1.26. The maximum absolute atomic E-state index is 12.6. The van der Waals surface area contributed by atoms with Crippen LogP contribution in [0.2, 0.25) is 0 Å². The van der Waals surface area contributed by atoms with Gasteiger partial charge in [0.1, 0.15) is 6.04 Å². The van der Waals surface area contributed by atoms with Crippen molar-refractivity contribution in [2.24, 2.45) is 10.8 Å². The first-order valence-corrected chi connectivity index (χ1v) is 7.13. The van der Waals surface area contributed by atoms with Crippen LogP contribution in [0.1, 0.15) is 41.0 Å². The first-order valence-electron chi connectivity index (χ1n) is 7.13. The smallest absolute Gasteiger partial charge is 0.262 e. The first-order chi connectivity index (χ1) is 10.3. The molecule has 1 aliphatic carbocycles. The number of nitrogens with one attached hydrogen (secondary N) is 1. The highest BCUT2D eigenvalue weighted by Crippen LogP contribution is 2.68. The third-order valence-corrected chi connectivity index (χ3v) is 5.53. The van der Waals surface area contributed by atoms with Gasteiger partial charge in [-0.25, -0.2) is 0 Å². The van der Waals surface area contributed by atoms with E-state index in [1.165, 1.54) is 0 Å². The summed E-state index contributed by atoms with van der Waals surface area (Å²) < 4.78 is 0. The molecule has 1 aromatic rings. The lowest BCUT2D eigenvalue weighted by atomic mass is 9.83. The molecule has 0 radical (unpaired) electrons. The summed E-state index contributed by atoms with van der Waals surface area (Å²) in [4.78, 5) is 50.5. The molecule has 2 aliphatic heterocycles. The summed E-state index contributed by atoms with van der Waals surface area (Å²) in [6, 6.07) is 5.58. The molecule has 2 heterocycles. The van der Waals surface area contributed by atoms with Crippen molar-refractivity contribution in [1.82, 2.24) is 10.2 Å². The summed E-state index contributed by atoms with van der Waals surface area (Å²) in [5.74, 6) is -1.83. The monoisotopic (exact) mass is 298 g/mol. The normalized spacial score (nSPS) is 36.1. The predicted octanol–water partition coefficient (Wildman–Crippen LogP) is 0.724. The van der Waals surface area contributed by atoms with Gasteiger partial charge >= 0.3 is 0 Å². The second-order valence-corrected chi connectivity index (χ2v) is 6.67. The Morgan fingerprint density at radius 3 is 2.14 bits per heavy atom. The van der Waals surface area contributed by atoms with Crippen LogP contribution in [0.15, 0.2) is 24.3 Å². The average Bonchev–Trinajstić information content (AvgIpc) is 2.98. The minimum absolute atomic E-state index is 0.308. The van der Waals surface area contributed by atoms with Crippen molar-refractivity contribution in [1.29, 1.82) is 0 Å². The van der Waals surface area contributed by atoms with Crippen molar-refractivity contribution >= 4 is 23.6 Å². The molecule has 4 rings (SSSR count). The number of hydrogen-bond donors (Lipinski definition) is 1. The lowest BCUT2D eigenvalue weighted by Gasteiger charge is -2.36. The van der Waals surface area contributed by atoms with E-state index in [-0.39, 0.29) is 5.91 Å². The van der Waals surface area contributed by atoms with Gasteiger partial charge in [-0.05, 0) is 18.6 Å². The standard InChI is InChI=1S/C16H14N2O4/c1-15-7-16(15,2)14(22)17-11(19)10(15)18-12(20)8-5-3-4-6-9(8)13(18)21/h3-6,10H,7H2,1-2H3,(H,17,19,22). The molecular formula is C16H14N2O4. The Hall–Kier alpha value is -2.50. The van der Waals surface area contributed by atoms with Gasteiger partial charge < -0.3 is 0 Å². The molecule has 1 N–H and O–H groups in total. The second-order valence-electron chi connectivity index (χ2n) is 6.67. The Kier molecular flexibility index (Phi) is 2.18. The molecule has 0 aromatic heterocycles. The van der Waals surface area contributed by atoms with Crippen molar-refractivity contribution in [3.63, 3.8) is 0 Å². The summed E-state index contributed by atoms with van der Waals surface area (Å²) in [5, 5.41) is 2.31. The van der Waals surface area contributed by atoms with E-state index in [1.807, 2.05) is 0 Å². The van der Waals surface area contributed by atoms with Crippen LogP contribution in [-0.4, -0.2) is 34.6 Å². The minimum atomic E-state index is -0.942. The maximum Gasteiger partial charge on any atom is 0.262 e. The van der Waals surface area contributed by atoms with Crippen LogP contribution in [0.25, 0.3) is 0 Å². The van der Waals surface area contributed by atoms with Crippen molar-refractivity contribution in [3.05, 3.63) is 35.4 Å². The van der Waals surface area contributed by atoms with Crippen LogP contribution < -0.4 is 5.32 Å². The Morgan fingerprint density at radius 2 is 1.59 bits per heavy atom. The zero-order valence-electron chi connectivity index (χ0n) is 12.2. The van der Waals surface area contributed by atoms with Crippen LogP contribution in [-0.2, 0) is 9.59 Å². The SMILES string of the molecule is CC12CC1(C)C(N1C(=O)c3ccccc3C1=O)C(=O)NC2=O. The summed E-state index contributed by atoms with van der Waals surface area (Å²) >= 11 is 0. The van der Waals surface area contributed by atoms with E-state index < -0.39 is 34.6 Å². The number of amides is 4. The Labute approximate surface area is 126 Å². The van der Waals surface area contributed by atoms with Gasteiger partial charge in [-0.1, -0.05) is 26.0 Å². The molecule has 3 aliphatic rings. The number of carbonyl (C=O) groups excluding carboxylic acids is 4. The van der Waals surface area contributed by atoms with Crippen LogP contribution in [0.4, 0.5) is 0 Å². The number of hydrogen-bond acceptors (Lipinski definition) is 4. The van der Waals surface area contributed by atoms with Crippen molar-refractivity contribution in [2.75, 3.05) is 0 Å². The molecule has 0 bridgehead atoms. The highest BCUT2D eigenvalue weighted by atomic mass is 16.2. The van der Waals surface area contributed by atoms with E-state index in [1.54, 1.807) is 38.1 Å². The van der Waals surface area contributed by atoms with E-state index in [4.69, 9.17) is 0 Å². The number of imide groups is 2. The highest BCUT2D eigenvalue weighted by molar-refractivity contribution is 6.24. The van der Waals surface area contributed by atoms with Crippen molar-refractivity contribution in [3.8, 4) is 0 Å². The summed E-state index contributed by atoms with van der Waals surface area (Å²) in [6.45, 7) is 3.55. The van der Waals surface area contributed by atoms with Gasteiger partial charge in [-0.15, -0.1) is 0 Å². The Bertz CT molecular complexity index is 751. The molecule has 22 heavy (non-hydrogen) atoms. The van der Waals surface area contributed by atoms with Gasteiger partial charge in [-0.2, -0.15) is 0 Å². The lowest BCUT2D eigenvalue weighted by molar-refractivity contribution is -0.142. The molecule has 1 saturated heterocycles. The van der Waals surface area contributed by atoms with Gasteiger partial charge in [0, 0.05) is 5.41 Å². The van der Waals surface area contributed by atoms with E-state index in [2.05, 4.69) is 5.32 Å². The number of piperidine rings is 1. The number of fused-ring (bicyclic) bond motifs is 2. The van der Waals surface area contributed by atoms with Crippen LogP contribution in [0.3, 0.4) is 0 Å². The van der Waals surface area contributed by atoms with Crippen LogP contribution in [0.5, 0.6) is 0 Å². The predicted molar refractivity (Wildman–Crippen MR) is 74.7 cm³/mol. The van der Waals surface area contributed by atoms with Crippen LogP contribution in [0, 0.1) is 10.8 Å². The minimum Gasteiger partial charge on any atom is -0.294 e. The molecule has 1 aromatic carbocycles. The molecule has 4 amide bonds. The number of benzene rings is 1. The largest absolute Gasteiger partial charge is 0.294 e. The average molecular weight is 298 g/mol. The molecule has 6 heteroatoms. The summed E-state index contributed by atoms with van der Waals surface area (Å²) in [5.41, 5.74) is -0.785. The fraction of sp³-hybridized carbons (Fsp3) is 0.375. The molecule has 0 spiro atoms. The second kappa shape index (κ2) is 3.63. The lowest BCUT2D eigenvalue weighted by Crippen LogP contribution is -2.61. The molecule has 6 nitrogen and oxygen atoms in total. The fourth-order valence-corrected chi connectivity index (χ4v) is 3.88. The fourth-order valence-electron chi connectivity index (χ4n) is 3.88. The molecule has 1 saturated carbocycles. The van der Waals surface area contributed by atoms with Gasteiger partial charge in [0.2, 0.25) is 11.8 Å². The molecule has 2 fully saturated rings. The maximum atomic E-state index is 12.6. The van der Waals surface area contributed by atoms with E-state index in [0.29, 0.717) is 17.5 Å². The third-order valence-electron chi connectivity index (χ3n) is 5.53. The zero-order chi connectivity index (χ0) is 15.9. The van der Waals surface area contributed by atoms with Crippen LogP contribution >= 0.6 is 0 Å². The summed E-state index contributed by atoms with van der Waals surface area (Å²) in [7, 11) is 0. The van der Waals surface area contributed by atoms with Gasteiger partial charge in [0.25, 0.3) is 11.8 Å². The Balaban J connectivity index is 1.81. The molecular weight excluding hydrogens is 284 g/mol. The quantitative estimate of drug-likeness (QED) is 0.775. The van der Waals surface area contributed by atoms with E-state index in [0.717, 1.165) is 4.90 Å². The van der Waals surface area contributed by atoms with Crippen molar-refractivity contribution < 1.29 is 19.2 Å². The highest BCUT2D eigenvalue weighted by Gasteiger charge is 2.75. The molecule has 112 valence electrons. The Morgan fingerprint density at radius 1 is 1.05 bits per heavy atom.